The van der Waals surface area contributed by atoms with Gasteiger partial charge in [-0.1, -0.05) is 30.3 Å². The summed E-state index contributed by atoms with van der Waals surface area (Å²) in [6, 6.07) is 20.5. The average Bonchev–Trinajstić information content (AvgIpc) is 2.69. The minimum absolute atomic E-state index is 0.270. The topological polar surface area (TPSA) is 84.5 Å². The molecule has 0 saturated carbocycles. The van der Waals surface area contributed by atoms with Crippen LogP contribution in [-0.2, 0) is 4.79 Å². The number of hydrogen-bond donors (Lipinski definition) is 2. The summed E-state index contributed by atoms with van der Waals surface area (Å²) >= 11 is 2.10. The van der Waals surface area contributed by atoms with Gasteiger partial charge >= 0.3 is 5.97 Å². The summed E-state index contributed by atoms with van der Waals surface area (Å²) < 4.78 is 5.84. The van der Waals surface area contributed by atoms with E-state index in [2.05, 4.69) is 33.2 Å². The van der Waals surface area contributed by atoms with E-state index in [1.54, 1.807) is 54.6 Å². The van der Waals surface area contributed by atoms with E-state index < -0.39 is 11.9 Å². The molecule has 2 amide bonds. The third-order valence-corrected chi connectivity index (χ3v) is 4.84. The minimum Gasteiger partial charge on any atom is -0.427 e. The van der Waals surface area contributed by atoms with Gasteiger partial charge in [-0.2, -0.15) is 0 Å². The molecule has 0 atom stereocenters. The summed E-state index contributed by atoms with van der Waals surface area (Å²) in [5, 5.41) is 5.62. The van der Waals surface area contributed by atoms with E-state index in [4.69, 9.17) is 4.74 Å². The summed E-state index contributed by atoms with van der Waals surface area (Å²) in [4.78, 5) is 36.4. The Bertz CT molecular complexity index is 1080. The number of benzene rings is 3. The maximum absolute atomic E-state index is 12.6. The SMILES string of the molecule is CC(=O)Oc1cccc(C(=O)Nc2ccccc2NC(=O)c2ccccc2I)c1. The number of hydrogen-bond acceptors (Lipinski definition) is 4. The summed E-state index contributed by atoms with van der Waals surface area (Å²) in [7, 11) is 0. The van der Waals surface area contributed by atoms with E-state index in [-0.39, 0.29) is 11.7 Å². The van der Waals surface area contributed by atoms with E-state index in [0.29, 0.717) is 22.5 Å². The molecule has 29 heavy (non-hydrogen) atoms. The highest BCUT2D eigenvalue weighted by Crippen LogP contribution is 2.24. The number of para-hydroxylation sites is 2. The molecule has 7 heteroatoms. The third-order valence-electron chi connectivity index (χ3n) is 3.90. The Morgan fingerprint density at radius 1 is 0.793 bits per heavy atom. The average molecular weight is 500 g/mol. The van der Waals surface area contributed by atoms with Crippen LogP contribution in [-0.4, -0.2) is 17.8 Å². The zero-order chi connectivity index (χ0) is 20.8. The molecule has 3 aromatic rings. The lowest BCUT2D eigenvalue weighted by molar-refractivity contribution is -0.131. The lowest BCUT2D eigenvalue weighted by Crippen LogP contribution is -2.17. The van der Waals surface area contributed by atoms with Gasteiger partial charge in [0, 0.05) is 16.1 Å². The Morgan fingerprint density at radius 3 is 2.07 bits per heavy atom. The molecular weight excluding hydrogens is 483 g/mol. The lowest BCUT2D eigenvalue weighted by atomic mass is 10.1. The fourth-order valence-electron chi connectivity index (χ4n) is 2.60. The predicted octanol–water partition coefficient (Wildman–Crippen LogP) is 4.72. The maximum atomic E-state index is 12.6. The van der Waals surface area contributed by atoms with Crippen LogP contribution in [0.2, 0.25) is 0 Å². The van der Waals surface area contributed by atoms with Crippen molar-refractivity contribution in [3.8, 4) is 5.75 Å². The molecule has 0 heterocycles. The third kappa shape index (κ3) is 5.41. The molecule has 3 aromatic carbocycles. The molecule has 0 unspecified atom stereocenters. The van der Waals surface area contributed by atoms with Crippen molar-refractivity contribution >= 4 is 51.7 Å². The zero-order valence-corrected chi connectivity index (χ0v) is 17.6. The normalized spacial score (nSPS) is 10.1. The van der Waals surface area contributed by atoms with E-state index in [1.807, 2.05) is 12.1 Å². The molecule has 0 fully saturated rings. The van der Waals surface area contributed by atoms with Crippen LogP contribution >= 0.6 is 22.6 Å². The van der Waals surface area contributed by atoms with Crippen molar-refractivity contribution in [3.05, 3.63) is 87.5 Å². The first-order chi connectivity index (χ1) is 13.9. The molecule has 0 aliphatic rings. The number of halogens is 1. The molecule has 0 radical (unpaired) electrons. The van der Waals surface area contributed by atoms with Crippen molar-refractivity contribution in [3.63, 3.8) is 0 Å². The molecule has 2 N–H and O–H groups in total. The second-order valence-corrected chi connectivity index (χ2v) is 7.22. The summed E-state index contributed by atoms with van der Waals surface area (Å²) in [5.74, 6) is -0.847. The van der Waals surface area contributed by atoms with Crippen LogP contribution in [0.15, 0.2) is 72.8 Å². The summed E-state index contributed by atoms with van der Waals surface area (Å²) in [6.45, 7) is 1.29. The van der Waals surface area contributed by atoms with Crippen LogP contribution in [0.3, 0.4) is 0 Å². The summed E-state index contributed by atoms with van der Waals surface area (Å²) in [5.41, 5.74) is 1.79. The lowest BCUT2D eigenvalue weighted by Gasteiger charge is -2.13. The van der Waals surface area contributed by atoms with Crippen LogP contribution < -0.4 is 15.4 Å². The molecular formula is C22H17IN2O4. The number of esters is 1. The van der Waals surface area contributed by atoms with Gasteiger partial charge in [0.15, 0.2) is 0 Å². The first-order valence-electron chi connectivity index (χ1n) is 8.69. The van der Waals surface area contributed by atoms with Crippen LogP contribution in [0.5, 0.6) is 5.75 Å². The van der Waals surface area contributed by atoms with Gasteiger partial charge in [-0.05, 0) is 65.1 Å². The molecule has 0 spiro atoms. The van der Waals surface area contributed by atoms with Crippen LogP contribution in [0.25, 0.3) is 0 Å². The van der Waals surface area contributed by atoms with Gasteiger partial charge in [0.2, 0.25) is 0 Å². The molecule has 0 bridgehead atoms. The fraction of sp³-hybridized carbons (Fsp3) is 0.0455. The smallest absolute Gasteiger partial charge is 0.308 e. The largest absolute Gasteiger partial charge is 0.427 e. The van der Waals surface area contributed by atoms with Crippen LogP contribution in [0, 0.1) is 3.57 Å². The van der Waals surface area contributed by atoms with Gasteiger partial charge in [0.1, 0.15) is 5.75 Å². The molecule has 0 aliphatic heterocycles. The Morgan fingerprint density at radius 2 is 1.41 bits per heavy atom. The number of amides is 2. The number of carbonyl (C=O) groups is 3. The van der Waals surface area contributed by atoms with Crippen LogP contribution in [0.4, 0.5) is 11.4 Å². The number of anilines is 2. The highest BCUT2D eigenvalue weighted by Gasteiger charge is 2.14. The van der Waals surface area contributed by atoms with Crippen LogP contribution in [0.1, 0.15) is 27.6 Å². The summed E-state index contributed by atoms with van der Waals surface area (Å²) in [6.07, 6.45) is 0. The van der Waals surface area contributed by atoms with Gasteiger partial charge in [-0.25, -0.2) is 0 Å². The Balaban J connectivity index is 1.79. The predicted molar refractivity (Wildman–Crippen MR) is 119 cm³/mol. The second kappa shape index (κ2) is 9.33. The number of ether oxygens (including phenoxy) is 1. The molecule has 6 nitrogen and oxygen atoms in total. The van der Waals surface area contributed by atoms with Crippen molar-refractivity contribution in [1.29, 1.82) is 0 Å². The molecule has 146 valence electrons. The monoisotopic (exact) mass is 500 g/mol. The number of carbonyl (C=O) groups excluding carboxylic acids is 3. The van der Waals surface area contributed by atoms with E-state index in [0.717, 1.165) is 3.57 Å². The molecule has 0 aliphatic carbocycles. The number of nitrogens with one attached hydrogen (secondary N) is 2. The fourth-order valence-corrected chi connectivity index (χ4v) is 3.23. The highest BCUT2D eigenvalue weighted by molar-refractivity contribution is 14.1. The maximum Gasteiger partial charge on any atom is 0.308 e. The zero-order valence-electron chi connectivity index (χ0n) is 15.4. The van der Waals surface area contributed by atoms with Crippen molar-refractivity contribution < 1.29 is 19.1 Å². The van der Waals surface area contributed by atoms with Crippen molar-refractivity contribution in [2.45, 2.75) is 6.92 Å². The molecule has 0 saturated heterocycles. The van der Waals surface area contributed by atoms with Gasteiger partial charge in [0.05, 0.1) is 16.9 Å². The Kier molecular flexibility index (Phi) is 6.61. The van der Waals surface area contributed by atoms with Crippen molar-refractivity contribution in [2.24, 2.45) is 0 Å². The Hall–Kier alpha value is -3.20. The number of rotatable bonds is 5. The van der Waals surface area contributed by atoms with Crippen molar-refractivity contribution in [1.82, 2.24) is 0 Å². The quantitative estimate of drug-likeness (QED) is 0.302. The minimum atomic E-state index is -0.467. The second-order valence-electron chi connectivity index (χ2n) is 6.06. The molecule has 3 rings (SSSR count). The van der Waals surface area contributed by atoms with Gasteiger partial charge in [0.25, 0.3) is 11.8 Å². The first-order valence-corrected chi connectivity index (χ1v) is 9.76. The highest BCUT2D eigenvalue weighted by atomic mass is 127. The van der Waals surface area contributed by atoms with E-state index >= 15 is 0 Å². The van der Waals surface area contributed by atoms with Gasteiger partial charge < -0.3 is 15.4 Å². The van der Waals surface area contributed by atoms with E-state index in [9.17, 15) is 14.4 Å². The standard InChI is InChI=1S/C22H17IN2O4/c1-14(26)29-16-8-6-7-15(13-16)21(27)24-19-11-4-5-12-20(19)25-22(28)17-9-2-3-10-18(17)23/h2-13H,1H3,(H,24,27)(H,25,28). The van der Waals surface area contributed by atoms with Gasteiger partial charge in [-0.15, -0.1) is 0 Å². The van der Waals surface area contributed by atoms with Gasteiger partial charge in [-0.3, -0.25) is 14.4 Å². The van der Waals surface area contributed by atoms with Crippen molar-refractivity contribution in [2.75, 3.05) is 10.6 Å². The van der Waals surface area contributed by atoms with E-state index in [1.165, 1.54) is 13.0 Å². The molecule has 0 aromatic heterocycles. The first kappa shape index (κ1) is 20.5. The Labute approximate surface area is 181 Å².